The smallest absolute Gasteiger partial charge is 0.325 e. The van der Waals surface area contributed by atoms with Crippen LogP contribution in [0, 0.1) is 0 Å². The molecule has 36 heavy (non-hydrogen) atoms. The highest BCUT2D eigenvalue weighted by Crippen LogP contribution is 2.19. The van der Waals surface area contributed by atoms with E-state index in [1.165, 1.54) is 6.92 Å². The molecule has 2 aromatic rings. The van der Waals surface area contributed by atoms with Gasteiger partial charge in [0, 0.05) is 29.9 Å². The van der Waals surface area contributed by atoms with Gasteiger partial charge in [0.25, 0.3) is 0 Å². The quantitative estimate of drug-likeness (QED) is 0.200. The number of hydrogen-bond donors (Lipinski definition) is 7. The van der Waals surface area contributed by atoms with Gasteiger partial charge >= 0.3 is 5.97 Å². The Morgan fingerprint density at radius 2 is 1.81 bits per heavy atom. The minimum atomic E-state index is -1.25. The first-order valence-corrected chi connectivity index (χ1v) is 11.9. The Kier molecular flexibility index (Phi) is 9.01. The molecule has 1 aliphatic heterocycles. The maximum Gasteiger partial charge on any atom is 0.325 e. The highest BCUT2D eigenvalue weighted by Gasteiger charge is 2.31. The molecule has 1 saturated heterocycles. The van der Waals surface area contributed by atoms with Crippen LogP contribution in [0.5, 0.6) is 0 Å². The molecule has 4 atom stereocenters. The van der Waals surface area contributed by atoms with Crippen LogP contribution in [0.15, 0.2) is 30.5 Å². The van der Waals surface area contributed by atoms with Gasteiger partial charge in [-0.15, -0.1) is 0 Å². The largest absolute Gasteiger partial charge is 0.480 e. The third kappa shape index (κ3) is 7.04. The fourth-order valence-corrected chi connectivity index (χ4v) is 4.11. The van der Waals surface area contributed by atoms with Gasteiger partial charge in [-0.05, 0) is 44.4 Å². The summed E-state index contributed by atoms with van der Waals surface area (Å²) in [6.45, 7) is 1.98. The molecule has 0 saturated carbocycles. The average molecular weight is 501 g/mol. The van der Waals surface area contributed by atoms with Crippen LogP contribution in [0.25, 0.3) is 10.9 Å². The summed E-state index contributed by atoms with van der Waals surface area (Å²) in [5, 5.41) is 20.7. The molecule has 4 amide bonds. The normalized spacial score (nSPS) is 17.6. The molecular formula is C24H32N6O6. The van der Waals surface area contributed by atoms with E-state index >= 15 is 0 Å². The number of carbonyl (C=O) groups excluding carboxylic acids is 4. The molecular weight excluding hydrogens is 468 g/mol. The number of hydrogen-bond acceptors (Lipinski definition) is 6. The van der Waals surface area contributed by atoms with E-state index in [4.69, 9.17) is 10.8 Å². The van der Waals surface area contributed by atoms with Gasteiger partial charge in [0.1, 0.15) is 18.1 Å². The number of H-pyrrole nitrogens is 1. The summed E-state index contributed by atoms with van der Waals surface area (Å²) < 4.78 is 0. The Morgan fingerprint density at radius 3 is 2.47 bits per heavy atom. The molecule has 3 rings (SSSR count). The van der Waals surface area contributed by atoms with Crippen molar-refractivity contribution in [3.63, 3.8) is 0 Å². The molecule has 0 radical (unpaired) electrons. The van der Waals surface area contributed by atoms with E-state index in [2.05, 4.69) is 26.3 Å². The van der Waals surface area contributed by atoms with Gasteiger partial charge in [0.2, 0.25) is 23.6 Å². The highest BCUT2D eigenvalue weighted by atomic mass is 16.4. The van der Waals surface area contributed by atoms with Crippen molar-refractivity contribution in [1.82, 2.24) is 26.3 Å². The van der Waals surface area contributed by atoms with Crippen LogP contribution >= 0.6 is 0 Å². The molecule has 12 nitrogen and oxygen atoms in total. The van der Waals surface area contributed by atoms with E-state index in [1.807, 2.05) is 24.3 Å². The van der Waals surface area contributed by atoms with Crippen LogP contribution in [0.2, 0.25) is 0 Å². The first kappa shape index (κ1) is 26.7. The molecule has 194 valence electrons. The Balaban J connectivity index is 1.81. The lowest BCUT2D eigenvalue weighted by Gasteiger charge is -2.24. The van der Waals surface area contributed by atoms with E-state index in [0.717, 1.165) is 22.9 Å². The van der Waals surface area contributed by atoms with E-state index in [0.29, 0.717) is 13.0 Å². The van der Waals surface area contributed by atoms with Crippen LogP contribution in [-0.4, -0.2) is 70.4 Å². The number of amides is 4. The number of primary amides is 1. The lowest BCUT2D eigenvalue weighted by Crippen LogP contribution is -2.57. The van der Waals surface area contributed by atoms with Crippen LogP contribution < -0.4 is 27.0 Å². The molecule has 1 fully saturated rings. The second-order valence-electron chi connectivity index (χ2n) is 8.91. The number of aromatic amines is 1. The van der Waals surface area contributed by atoms with Gasteiger partial charge < -0.3 is 37.1 Å². The van der Waals surface area contributed by atoms with E-state index in [-0.39, 0.29) is 25.2 Å². The monoisotopic (exact) mass is 500 g/mol. The zero-order valence-corrected chi connectivity index (χ0v) is 20.0. The van der Waals surface area contributed by atoms with Crippen LogP contribution in [0.3, 0.4) is 0 Å². The molecule has 1 aliphatic rings. The molecule has 0 bridgehead atoms. The maximum absolute atomic E-state index is 13.4. The van der Waals surface area contributed by atoms with Crippen molar-refractivity contribution in [2.45, 2.75) is 63.2 Å². The standard InChI is InChI=1S/C24H32N6O6/c1-13(24(35)36)28-22(33)18(8-9-20(25)31)29-23(34)19(30-21(32)17-7-4-10-26-17)11-14-12-27-16-6-3-2-5-15(14)16/h2-3,5-6,12-13,17-19,26-27H,4,7-11H2,1H3,(H2,25,31)(H,28,33)(H,29,34)(H,30,32)(H,35,36). The second-order valence-corrected chi connectivity index (χ2v) is 8.91. The molecule has 1 aromatic heterocycles. The van der Waals surface area contributed by atoms with Gasteiger partial charge in [-0.25, -0.2) is 0 Å². The summed E-state index contributed by atoms with van der Waals surface area (Å²) in [5.74, 6) is -3.67. The number of carboxylic acid groups (broad SMARTS) is 1. The lowest BCUT2D eigenvalue weighted by atomic mass is 10.0. The minimum absolute atomic E-state index is 0.128. The number of aromatic nitrogens is 1. The zero-order valence-electron chi connectivity index (χ0n) is 20.0. The summed E-state index contributed by atoms with van der Waals surface area (Å²) in [7, 11) is 0. The Morgan fingerprint density at radius 1 is 1.08 bits per heavy atom. The van der Waals surface area contributed by atoms with Gasteiger partial charge in [0.15, 0.2) is 0 Å². The van der Waals surface area contributed by atoms with Crippen LogP contribution in [0.1, 0.15) is 38.2 Å². The van der Waals surface area contributed by atoms with E-state index < -0.39 is 47.9 Å². The average Bonchev–Trinajstić information content (AvgIpc) is 3.51. The fraction of sp³-hybridized carbons (Fsp3) is 0.458. The first-order valence-electron chi connectivity index (χ1n) is 11.9. The first-order chi connectivity index (χ1) is 17.2. The van der Waals surface area contributed by atoms with Crippen molar-refractivity contribution in [3.8, 4) is 0 Å². The fourth-order valence-electron chi connectivity index (χ4n) is 4.11. The predicted molar refractivity (Wildman–Crippen MR) is 131 cm³/mol. The Labute approximate surface area is 207 Å². The third-order valence-corrected chi connectivity index (χ3v) is 6.15. The number of carbonyl (C=O) groups is 5. The van der Waals surface area contributed by atoms with E-state index in [1.54, 1.807) is 6.20 Å². The van der Waals surface area contributed by atoms with Crippen molar-refractivity contribution < 1.29 is 29.1 Å². The van der Waals surface area contributed by atoms with Gasteiger partial charge in [-0.1, -0.05) is 18.2 Å². The third-order valence-electron chi connectivity index (χ3n) is 6.15. The molecule has 0 spiro atoms. The van der Waals surface area contributed by atoms with Gasteiger partial charge in [-0.3, -0.25) is 24.0 Å². The predicted octanol–water partition coefficient (Wildman–Crippen LogP) is -0.713. The molecule has 0 aliphatic carbocycles. The number of para-hydroxylation sites is 1. The number of nitrogens with one attached hydrogen (secondary N) is 5. The minimum Gasteiger partial charge on any atom is -0.480 e. The summed E-state index contributed by atoms with van der Waals surface area (Å²) >= 11 is 0. The topological polar surface area (TPSA) is 196 Å². The lowest BCUT2D eigenvalue weighted by molar-refractivity contribution is -0.142. The van der Waals surface area contributed by atoms with Gasteiger partial charge in [0.05, 0.1) is 6.04 Å². The Bertz CT molecular complexity index is 1130. The number of fused-ring (bicyclic) bond motifs is 1. The summed E-state index contributed by atoms with van der Waals surface area (Å²) in [6.07, 6.45) is 3.06. The van der Waals surface area contributed by atoms with Crippen molar-refractivity contribution in [3.05, 3.63) is 36.0 Å². The molecule has 1 aromatic carbocycles. The van der Waals surface area contributed by atoms with Crippen molar-refractivity contribution >= 4 is 40.5 Å². The summed E-state index contributed by atoms with van der Waals surface area (Å²) in [5.41, 5.74) is 6.88. The zero-order chi connectivity index (χ0) is 26.2. The van der Waals surface area contributed by atoms with Crippen molar-refractivity contribution in [2.24, 2.45) is 5.73 Å². The molecule has 2 heterocycles. The highest BCUT2D eigenvalue weighted by molar-refractivity contribution is 5.95. The number of rotatable bonds is 12. The number of aliphatic carboxylic acids is 1. The molecule has 4 unspecified atom stereocenters. The summed E-state index contributed by atoms with van der Waals surface area (Å²) in [4.78, 5) is 64.5. The number of carboxylic acids is 1. The Hall–Kier alpha value is -3.93. The van der Waals surface area contributed by atoms with Crippen LogP contribution in [-0.2, 0) is 30.4 Å². The van der Waals surface area contributed by atoms with Gasteiger partial charge in [-0.2, -0.15) is 0 Å². The van der Waals surface area contributed by atoms with Crippen LogP contribution in [0.4, 0.5) is 0 Å². The van der Waals surface area contributed by atoms with Crippen molar-refractivity contribution in [2.75, 3.05) is 6.54 Å². The maximum atomic E-state index is 13.4. The second kappa shape index (κ2) is 12.2. The number of nitrogens with two attached hydrogens (primary N) is 1. The number of benzene rings is 1. The van der Waals surface area contributed by atoms with Crippen molar-refractivity contribution in [1.29, 1.82) is 0 Å². The summed E-state index contributed by atoms with van der Waals surface area (Å²) in [6, 6.07) is 3.65. The van der Waals surface area contributed by atoms with E-state index in [9.17, 15) is 24.0 Å². The molecule has 12 heteroatoms. The SMILES string of the molecule is CC(NC(=O)C(CCC(N)=O)NC(=O)C(Cc1c[nH]c2ccccc12)NC(=O)C1CCCN1)C(=O)O. The molecule has 8 N–H and O–H groups in total.